The average Bonchev–Trinajstić information content (AvgIpc) is 2.82. The van der Waals surface area contributed by atoms with Gasteiger partial charge in [0, 0.05) is 33.9 Å². The van der Waals surface area contributed by atoms with Crippen LogP contribution in [0.1, 0.15) is 25.0 Å². The quantitative estimate of drug-likeness (QED) is 0.325. The monoisotopic (exact) mass is 514 g/mol. The molecule has 3 rings (SSSR count). The molecule has 0 saturated carbocycles. The van der Waals surface area contributed by atoms with Crippen LogP contribution in [0.3, 0.4) is 0 Å². The second kappa shape index (κ2) is 12.8. The van der Waals surface area contributed by atoms with Crippen molar-refractivity contribution in [3.8, 4) is 0 Å². The Labute approximate surface area is 215 Å². The highest BCUT2D eigenvalue weighted by Crippen LogP contribution is 2.25. The summed E-state index contributed by atoms with van der Waals surface area (Å²) >= 11 is 14.0. The van der Waals surface area contributed by atoms with Crippen LogP contribution in [-0.4, -0.2) is 34.6 Å². The maximum atomic E-state index is 13.6. The molecule has 0 fully saturated rings. The molecular weight excluding hydrogens is 487 g/mol. The number of hydrogen-bond acceptors (Lipinski definition) is 3. The molecule has 4 nitrogen and oxygen atoms in total. The lowest BCUT2D eigenvalue weighted by Crippen LogP contribution is -2.52. The van der Waals surface area contributed by atoms with E-state index in [1.807, 2.05) is 74.5 Å². The maximum absolute atomic E-state index is 13.6. The number of carbonyl (C=O) groups excluding carboxylic acids is 2. The first-order valence-electron chi connectivity index (χ1n) is 11.1. The number of rotatable bonds is 10. The summed E-state index contributed by atoms with van der Waals surface area (Å²) < 4.78 is 0. The molecule has 0 aliphatic carbocycles. The summed E-state index contributed by atoms with van der Waals surface area (Å²) in [7, 11) is 0. The molecule has 0 unspecified atom stereocenters. The van der Waals surface area contributed by atoms with Crippen molar-refractivity contribution >= 4 is 46.8 Å². The minimum atomic E-state index is -0.694. The first kappa shape index (κ1) is 26.1. The van der Waals surface area contributed by atoms with Crippen molar-refractivity contribution in [3.05, 3.63) is 100 Å². The molecule has 2 amide bonds. The second-order valence-corrected chi connectivity index (χ2v) is 10.1. The standard InChI is InChI=1S/C27H28Cl2N2O2S/c1-19(2)30-27(33)25(15-20-9-5-3-6-10-20)31(17-21-13-14-22(28)16-24(21)29)26(32)18-34-23-11-7-4-8-12-23/h3-14,16,19,25H,15,17-18H2,1-2H3,(H,30,33)/t25-/m1/s1. The zero-order valence-electron chi connectivity index (χ0n) is 19.2. The summed E-state index contributed by atoms with van der Waals surface area (Å²) in [4.78, 5) is 29.5. The Balaban J connectivity index is 1.93. The maximum Gasteiger partial charge on any atom is 0.243 e. The van der Waals surface area contributed by atoms with Gasteiger partial charge in [0.1, 0.15) is 6.04 Å². The second-order valence-electron chi connectivity index (χ2n) is 8.23. The number of amides is 2. The van der Waals surface area contributed by atoms with Gasteiger partial charge in [-0.3, -0.25) is 9.59 Å². The average molecular weight is 516 g/mol. The molecule has 1 atom stereocenters. The van der Waals surface area contributed by atoms with Gasteiger partial charge < -0.3 is 10.2 Å². The molecule has 0 spiro atoms. The van der Waals surface area contributed by atoms with E-state index in [1.165, 1.54) is 11.8 Å². The molecule has 1 N–H and O–H groups in total. The van der Waals surface area contributed by atoms with Crippen molar-refractivity contribution in [2.45, 2.75) is 43.8 Å². The van der Waals surface area contributed by atoms with Gasteiger partial charge in [0.15, 0.2) is 0 Å². The normalized spacial score (nSPS) is 11.8. The van der Waals surface area contributed by atoms with Gasteiger partial charge in [-0.1, -0.05) is 77.8 Å². The zero-order chi connectivity index (χ0) is 24.5. The van der Waals surface area contributed by atoms with Gasteiger partial charge in [-0.2, -0.15) is 0 Å². The Morgan fingerprint density at radius 2 is 1.59 bits per heavy atom. The van der Waals surface area contributed by atoms with Gasteiger partial charge in [-0.15, -0.1) is 11.8 Å². The van der Waals surface area contributed by atoms with E-state index >= 15 is 0 Å². The molecule has 0 heterocycles. The minimum absolute atomic E-state index is 0.0551. The summed E-state index contributed by atoms with van der Waals surface area (Å²) in [5.74, 6) is -0.128. The summed E-state index contributed by atoms with van der Waals surface area (Å²) in [5.41, 5.74) is 1.71. The Kier molecular flexibility index (Phi) is 9.87. The molecule has 7 heteroatoms. The van der Waals surface area contributed by atoms with E-state index in [0.717, 1.165) is 16.0 Å². The van der Waals surface area contributed by atoms with Crippen LogP contribution in [0.4, 0.5) is 0 Å². The van der Waals surface area contributed by atoms with Crippen LogP contribution in [0.25, 0.3) is 0 Å². The molecular formula is C27H28Cl2N2O2S. The third-order valence-electron chi connectivity index (χ3n) is 5.16. The van der Waals surface area contributed by atoms with Gasteiger partial charge in [0.25, 0.3) is 0 Å². The van der Waals surface area contributed by atoms with E-state index in [1.54, 1.807) is 23.1 Å². The van der Waals surface area contributed by atoms with E-state index in [2.05, 4.69) is 5.32 Å². The van der Waals surface area contributed by atoms with Gasteiger partial charge in [-0.25, -0.2) is 0 Å². The van der Waals surface area contributed by atoms with Crippen molar-refractivity contribution in [1.82, 2.24) is 10.2 Å². The summed E-state index contributed by atoms with van der Waals surface area (Å²) in [6.07, 6.45) is 0.395. The summed E-state index contributed by atoms with van der Waals surface area (Å²) in [6, 6.07) is 23.9. The molecule has 34 heavy (non-hydrogen) atoms. The third-order valence-corrected chi connectivity index (χ3v) is 6.75. The number of carbonyl (C=O) groups is 2. The van der Waals surface area contributed by atoms with E-state index in [-0.39, 0.29) is 30.2 Å². The largest absolute Gasteiger partial charge is 0.352 e. The molecule has 0 bridgehead atoms. The van der Waals surface area contributed by atoms with E-state index in [4.69, 9.17) is 23.2 Å². The number of benzene rings is 3. The van der Waals surface area contributed by atoms with E-state index in [9.17, 15) is 9.59 Å². The predicted molar refractivity (Wildman–Crippen MR) is 141 cm³/mol. The van der Waals surface area contributed by atoms with E-state index in [0.29, 0.717) is 16.5 Å². The lowest BCUT2D eigenvalue weighted by molar-refractivity contribution is -0.139. The highest BCUT2D eigenvalue weighted by molar-refractivity contribution is 8.00. The minimum Gasteiger partial charge on any atom is -0.352 e. The fourth-order valence-electron chi connectivity index (χ4n) is 3.51. The highest BCUT2D eigenvalue weighted by atomic mass is 35.5. The molecule has 3 aromatic rings. The lowest BCUT2D eigenvalue weighted by Gasteiger charge is -2.32. The number of thioether (sulfide) groups is 1. The van der Waals surface area contributed by atoms with Crippen LogP contribution in [0.2, 0.25) is 10.0 Å². The first-order chi connectivity index (χ1) is 16.3. The van der Waals surface area contributed by atoms with Crippen LogP contribution < -0.4 is 5.32 Å². The van der Waals surface area contributed by atoms with Gasteiger partial charge in [0.2, 0.25) is 11.8 Å². The molecule has 0 radical (unpaired) electrons. The van der Waals surface area contributed by atoms with Gasteiger partial charge in [-0.05, 0) is 49.2 Å². The van der Waals surface area contributed by atoms with Crippen LogP contribution in [0.5, 0.6) is 0 Å². The van der Waals surface area contributed by atoms with Crippen LogP contribution >= 0.6 is 35.0 Å². The fraction of sp³-hybridized carbons (Fsp3) is 0.259. The number of nitrogens with zero attached hydrogens (tertiary/aromatic N) is 1. The number of halogens is 2. The van der Waals surface area contributed by atoms with Crippen molar-refractivity contribution in [1.29, 1.82) is 0 Å². The number of hydrogen-bond donors (Lipinski definition) is 1. The summed E-state index contributed by atoms with van der Waals surface area (Å²) in [6.45, 7) is 4.02. The SMILES string of the molecule is CC(C)NC(=O)[C@@H](Cc1ccccc1)N(Cc1ccc(Cl)cc1Cl)C(=O)CSc1ccccc1. The number of nitrogens with one attached hydrogen (secondary N) is 1. The molecule has 0 aliphatic heterocycles. The molecule has 0 saturated heterocycles. The van der Waals surface area contributed by atoms with Crippen LogP contribution in [-0.2, 0) is 22.6 Å². The topological polar surface area (TPSA) is 49.4 Å². The Hall–Kier alpha value is -2.47. The predicted octanol–water partition coefficient (Wildman–Crippen LogP) is 6.25. The van der Waals surface area contributed by atoms with Crippen LogP contribution in [0.15, 0.2) is 83.8 Å². The first-order valence-corrected chi connectivity index (χ1v) is 12.8. The van der Waals surface area contributed by atoms with Gasteiger partial charge in [0.05, 0.1) is 5.75 Å². The summed E-state index contributed by atoms with van der Waals surface area (Å²) in [5, 5.41) is 3.97. The van der Waals surface area contributed by atoms with Crippen molar-refractivity contribution in [2.24, 2.45) is 0 Å². The molecule has 3 aromatic carbocycles. The Morgan fingerprint density at radius 3 is 2.21 bits per heavy atom. The third kappa shape index (κ3) is 7.79. The lowest BCUT2D eigenvalue weighted by atomic mass is 10.0. The highest BCUT2D eigenvalue weighted by Gasteiger charge is 2.31. The van der Waals surface area contributed by atoms with Crippen molar-refractivity contribution in [3.63, 3.8) is 0 Å². The van der Waals surface area contributed by atoms with Crippen molar-refractivity contribution in [2.75, 3.05) is 5.75 Å². The van der Waals surface area contributed by atoms with E-state index < -0.39 is 6.04 Å². The van der Waals surface area contributed by atoms with Crippen LogP contribution in [0, 0.1) is 0 Å². The van der Waals surface area contributed by atoms with Gasteiger partial charge >= 0.3 is 0 Å². The Bertz CT molecular complexity index is 1090. The molecule has 0 aromatic heterocycles. The zero-order valence-corrected chi connectivity index (χ0v) is 21.5. The van der Waals surface area contributed by atoms with Crippen molar-refractivity contribution < 1.29 is 9.59 Å². The smallest absolute Gasteiger partial charge is 0.243 e. The fourth-order valence-corrected chi connectivity index (χ4v) is 4.79. The molecule has 0 aliphatic rings. The molecule has 178 valence electrons. The Morgan fingerprint density at radius 1 is 0.941 bits per heavy atom.